The molecule has 1 aromatic rings. The summed E-state index contributed by atoms with van der Waals surface area (Å²) in [6, 6.07) is 0. The zero-order chi connectivity index (χ0) is 15.3. The fourth-order valence-corrected chi connectivity index (χ4v) is 3.06. The summed E-state index contributed by atoms with van der Waals surface area (Å²) in [7, 11) is 5.66. The minimum Gasteiger partial charge on any atom is -0.385 e. The van der Waals surface area contributed by atoms with Crippen molar-refractivity contribution in [1.29, 1.82) is 0 Å². The lowest BCUT2D eigenvalue weighted by Crippen LogP contribution is -2.41. The zero-order valence-electron chi connectivity index (χ0n) is 13.9. The van der Waals surface area contributed by atoms with Gasteiger partial charge in [0.2, 0.25) is 0 Å². The van der Waals surface area contributed by atoms with Gasteiger partial charge in [-0.1, -0.05) is 0 Å². The smallest absolute Gasteiger partial charge is 0.193 e. The van der Waals surface area contributed by atoms with Crippen molar-refractivity contribution in [3.05, 3.63) is 16.1 Å². The van der Waals surface area contributed by atoms with E-state index in [2.05, 4.69) is 32.6 Å². The number of thiazole rings is 1. The first-order valence-electron chi connectivity index (χ1n) is 7.40. The van der Waals surface area contributed by atoms with Gasteiger partial charge in [0, 0.05) is 39.7 Å². The van der Waals surface area contributed by atoms with E-state index in [1.54, 1.807) is 18.4 Å². The van der Waals surface area contributed by atoms with Crippen LogP contribution in [-0.4, -0.2) is 50.2 Å². The number of rotatable bonds is 7. The van der Waals surface area contributed by atoms with Crippen LogP contribution in [0.1, 0.15) is 30.0 Å². The number of aromatic nitrogens is 1. The highest BCUT2D eigenvalue weighted by Crippen LogP contribution is 2.48. The molecule has 1 aromatic heterocycles. The first-order chi connectivity index (χ1) is 10.1. The third kappa shape index (κ3) is 5.66. The van der Waals surface area contributed by atoms with Gasteiger partial charge in [-0.3, -0.25) is 4.99 Å². The second kappa shape index (κ2) is 9.02. The Kier molecular flexibility index (Phi) is 8.06. The quantitative estimate of drug-likeness (QED) is 0.404. The minimum atomic E-state index is 0. The van der Waals surface area contributed by atoms with Crippen LogP contribution in [0, 0.1) is 12.3 Å². The average molecular weight is 438 g/mol. The number of nitrogens with zero attached hydrogens (tertiary/aromatic N) is 3. The molecule has 1 heterocycles. The molecule has 1 N–H and O–H groups in total. The van der Waals surface area contributed by atoms with Crippen molar-refractivity contribution in [2.75, 3.05) is 34.4 Å². The van der Waals surface area contributed by atoms with Crippen LogP contribution in [0.2, 0.25) is 0 Å². The number of aliphatic imine (C=N–C) groups is 1. The molecule has 22 heavy (non-hydrogen) atoms. The molecular formula is C15H27IN4OS. The lowest BCUT2D eigenvalue weighted by atomic mass is 10.0. The van der Waals surface area contributed by atoms with Gasteiger partial charge in [0.05, 0.1) is 17.2 Å². The van der Waals surface area contributed by atoms with Crippen molar-refractivity contribution in [1.82, 2.24) is 15.2 Å². The molecule has 1 fully saturated rings. The first kappa shape index (κ1) is 19.6. The molecule has 0 aromatic carbocycles. The van der Waals surface area contributed by atoms with Crippen molar-refractivity contribution in [2.24, 2.45) is 10.4 Å². The molecule has 0 unspecified atom stereocenters. The van der Waals surface area contributed by atoms with Crippen LogP contribution in [0.4, 0.5) is 0 Å². The Labute approximate surface area is 154 Å². The Bertz CT molecular complexity index is 488. The van der Waals surface area contributed by atoms with Crippen LogP contribution >= 0.6 is 35.3 Å². The number of hydrogen-bond donors (Lipinski definition) is 1. The molecule has 1 saturated carbocycles. The van der Waals surface area contributed by atoms with Gasteiger partial charge >= 0.3 is 0 Å². The molecule has 5 nitrogen and oxygen atoms in total. The van der Waals surface area contributed by atoms with Crippen molar-refractivity contribution >= 4 is 41.3 Å². The summed E-state index contributed by atoms with van der Waals surface area (Å²) in [6.07, 6.45) is 3.70. The second-order valence-corrected chi connectivity index (χ2v) is 6.92. The Balaban J connectivity index is 0.00000242. The van der Waals surface area contributed by atoms with E-state index in [1.807, 2.05) is 14.0 Å². The molecule has 0 spiro atoms. The molecule has 7 heteroatoms. The third-order valence-corrected chi connectivity index (χ3v) is 4.88. The molecule has 0 amide bonds. The highest BCUT2D eigenvalue weighted by Gasteiger charge is 2.42. The normalized spacial score (nSPS) is 16.1. The van der Waals surface area contributed by atoms with Gasteiger partial charge < -0.3 is 15.0 Å². The highest BCUT2D eigenvalue weighted by molar-refractivity contribution is 14.0. The maximum absolute atomic E-state index is 5.20. The minimum absolute atomic E-state index is 0. The maximum atomic E-state index is 5.20. The topological polar surface area (TPSA) is 49.8 Å². The predicted octanol–water partition coefficient (Wildman–Crippen LogP) is 2.89. The summed E-state index contributed by atoms with van der Waals surface area (Å²) in [5, 5.41) is 6.72. The summed E-state index contributed by atoms with van der Waals surface area (Å²) in [5.41, 5.74) is 1.52. The van der Waals surface area contributed by atoms with E-state index in [-0.39, 0.29) is 24.0 Å². The first-order valence-corrected chi connectivity index (χ1v) is 8.28. The Morgan fingerprint density at radius 3 is 2.77 bits per heavy atom. The second-order valence-electron chi connectivity index (χ2n) is 5.86. The van der Waals surface area contributed by atoms with Crippen LogP contribution in [0.15, 0.2) is 10.4 Å². The van der Waals surface area contributed by atoms with E-state index in [0.29, 0.717) is 5.41 Å². The average Bonchev–Trinajstić information content (AvgIpc) is 3.12. The van der Waals surface area contributed by atoms with Gasteiger partial charge in [-0.05, 0) is 31.6 Å². The summed E-state index contributed by atoms with van der Waals surface area (Å²) in [6.45, 7) is 4.64. The van der Waals surface area contributed by atoms with Gasteiger partial charge in [-0.25, -0.2) is 4.98 Å². The maximum Gasteiger partial charge on any atom is 0.193 e. The number of halogens is 1. The molecule has 1 aliphatic rings. The third-order valence-electron chi connectivity index (χ3n) is 4.05. The van der Waals surface area contributed by atoms with Gasteiger partial charge in [0.15, 0.2) is 5.96 Å². The van der Waals surface area contributed by atoms with Crippen molar-refractivity contribution in [3.63, 3.8) is 0 Å². The number of aryl methyl sites for hydroxylation is 1. The molecule has 2 rings (SSSR count). The molecule has 0 atom stereocenters. The Hall–Kier alpha value is -0.410. The summed E-state index contributed by atoms with van der Waals surface area (Å²) >= 11 is 1.69. The molecule has 0 radical (unpaired) electrons. The number of nitrogens with one attached hydrogen (secondary N) is 1. The molecule has 0 aliphatic heterocycles. The van der Waals surface area contributed by atoms with E-state index in [4.69, 9.17) is 4.74 Å². The van der Waals surface area contributed by atoms with Crippen LogP contribution in [0.3, 0.4) is 0 Å². The Morgan fingerprint density at radius 1 is 1.55 bits per heavy atom. The van der Waals surface area contributed by atoms with Gasteiger partial charge in [0.25, 0.3) is 0 Å². The van der Waals surface area contributed by atoms with E-state index in [1.165, 1.54) is 12.8 Å². The van der Waals surface area contributed by atoms with Crippen LogP contribution in [0.5, 0.6) is 0 Å². The zero-order valence-corrected chi connectivity index (χ0v) is 17.0. The lowest BCUT2D eigenvalue weighted by molar-refractivity contribution is 0.172. The molecule has 0 saturated heterocycles. The van der Waals surface area contributed by atoms with Crippen LogP contribution in [0.25, 0.3) is 0 Å². The summed E-state index contributed by atoms with van der Waals surface area (Å²) in [4.78, 5) is 11.0. The molecule has 1 aliphatic carbocycles. The fraction of sp³-hybridized carbons (Fsp3) is 0.733. The van der Waals surface area contributed by atoms with Gasteiger partial charge in [0.1, 0.15) is 0 Å². The van der Waals surface area contributed by atoms with Crippen molar-refractivity contribution in [3.8, 4) is 0 Å². The predicted molar refractivity (Wildman–Crippen MR) is 103 cm³/mol. The van der Waals surface area contributed by atoms with Crippen LogP contribution < -0.4 is 5.32 Å². The monoisotopic (exact) mass is 438 g/mol. The largest absolute Gasteiger partial charge is 0.385 e. The van der Waals surface area contributed by atoms with E-state index in [9.17, 15) is 0 Å². The molecular weight excluding hydrogens is 411 g/mol. The fourth-order valence-electron chi connectivity index (χ4n) is 2.46. The summed E-state index contributed by atoms with van der Waals surface area (Å²) in [5.74, 6) is 0.935. The molecule has 126 valence electrons. The highest BCUT2D eigenvalue weighted by atomic mass is 127. The SMILES string of the molecule is CN=C(NCC1(CCOC)CC1)N(C)Cc1csc(C)n1.I. The van der Waals surface area contributed by atoms with Crippen LogP contribution in [-0.2, 0) is 11.3 Å². The van der Waals surface area contributed by atoms with Gasteiger partial charge in [-0.2, -0.15) is 0 Å². The Morgan fingerprint density at radius 2 is 2.27 bits per heavy atom. The standard InChI is InChI=1S/C15H26N4OS.HI/c1-12-18-13(10-21-12)9-19(3)14(16-2)17-11-15(5-6-15)7-8-20-4;/h10H,5-9,11H2,1-4H3,(H,16,17);1H. The van der Waals surface area contributed by atoms with Gasteiger partial charge in [-0.15, -0.1) is 35.3 Å². The van der Waals surface area contributed by atoms with E-state index in [0.717, 1.165) is 42.8 Å². The number of ether oxygens (including phenoxy) is 1. The number of guanidine groups is 1. The number of hydrogen-bond acceptors (Lipinski definition) is 4. The summed E-state index contributed by atoms with van der Waals surface area (Å²) < 4.78 is 5.20. The van der Waals surface area contributed by atoms with Crippen molar-refractivity contribution < 1.29 is 4.74 Å². The van der Waals surface area contributed by atoms with Crippen molar-refractivity contribution in [2.45, 2.75) is 32.7 Å². The lowest BCUT2D eigenvalue weighted by Gasteiger charge is -2.24. The van der Waals surface area contributed by atoms with E-state index < -0.39 is 0 Å². The number of methoxy groups -OCH3 is 1. The molecule has 0 bridgehead atoms. The van der Waals surface area contributed by atoms with E-state index >= 15 is 0 Å².